The van der Waals surface area contributed by atoms with Crippen molar-refractivity contribution < 1.29 is 0 Å². The molecule has 0 fully saturated rings. The van der Waals surface area contributed by atoms with Gasteiger partial charge in [-0.25, -0.2) is 0 Å². The zero-order chi connectivity index (χ0) is 12.8. The molecular weight excluding hydrogens is 238 g/mol. The van der Waals surface area contributed by atoms with Gasteiger partial charge in [-0.15, -0.1) is 11.3 Å². The monoisotopic (exact) mass is 259 g/mol. The number of nitrogen functional groups attached to an aromatic ring is 1. The molecule has 0 atom stereocenters. The molecule has 0 spiro atoms. The molecule has 0 aliphatic carbocycles. The number of anilines is 1. The second kappa shape index (κ2) is 6.60. The number of benzene rings is 1. The van der Waals surface area contributed by atoms with Crippen LogP contribution in [0.3, 0.4) is 0 Å². The smallest absolute Gasteiger partial charge is 0.0402 e. The summed E-state index contributed by atoms with van der Waals surface area (Å²) in [6.45, 7) is 2.25. The van der Waals surface area contributed by atoms with E-state index >= 15 is 0 Å². The molecule has 18 heavy (non-hydrogen) atoms. The standard InChI is InChI=1S/C16H21NS/c1-2-3-4-5-7-13-9-10-15(17)14(12-13)16-8-6-11-18-16/h6,8-12H,2-5,7,17H2,1H3. The van der Waals surface area contributed by atoms with Gasteiger partial charge in [0.2, 0.25) is 0 Å². The maximum Gasteiger partial charge on any atom is 0.0402 e. The van der Waals surface area contributed by atoms with Gasteiger partial charge in [-0.1, -0.05) is 38.3 Å². The van der Waals surface area contributed by atoms with E-state index < -0.39 is 0 Å². The van der Waals surface area contributed by atoms with Crippen LogP contribution in [0.4, 0.5) is 5.69 Å². The highest BCUT2D eigenvalue weighted by atomic mass is 32.1. The number of nitrogens with two attached hydrogens (primary N) is 1. The summed E-state index contributed by atoms with van der Waals surface area (Å²) in [5.74, 6) is 0. The van der Waals surface area contributed by atoms with Crippen LogP contribution in [0.25, 0.3) is 10.4 Å². The van der Waals surface area contributed by atoms with E-state index in [9.17, 15) is 0 Å². The van der Waals surface area contributed by atoms with E-state index in [1.807, 2.05) is 6.07 Å². The number of unbranched alkanes of at least 4 members (excludes halogenated alkanes) is 3. The first kappa shape index (κ1) is 13.2. The van der Waals surface area contributed by atoms with Crippen LogP contribution in [0.1, 0.15) is 38.2 Å². The Kier molecular flexibility index (Phi) is 4.82. The summed E-state index contributed by atoms with van der Waals surface area (Å²) in [5, 5.41) is 2.10. The minimum atomic E-state index is 0.884. The third-order valence-electron chi connectivity index (χ3n) is 3.22. The Balaban J connectivity index is 2.07. The molecule has 0 amide bonds. The van der Waals surface area contributed by atoms with Crippen LogP contribution in [-0.4, -0.2) is 0 Å². The molecule has 96 valence electrons. The Bertz CT molecular complexity index is 474. The molecule has 0 bridgehead atoms. The van der Waals surface area contributed by atoms with Crippen LogP contribution in [0, 0.1) is 0 Å². The molecule has 2 rings (SSSR count). The molecule has 1 aromatic heterocycles. The summed E-state index contributed by atoms with van der Waals surface area (Å²) < 4.78 is 0. The number of hydrogen-bond donors (Lipinski definition) is 1. The van der Waals surface area contributed by atoms with Crippen molar-refractivity contribution in [2.45, 2.75) is 39.0 Å². The molecule has 0 unspecified atom stereocenters. The number of aryl methyl sites for hydroxylation is 1. The fourth-order valence-corrected chi connectivity index (χ4v) is 2.92. The van der Waals surface area contributed by atoms with Crippen LogP contribution in [0.15, 0.2) is 35.7 Å². The SMILES string of the molecule is CCCCCCc1ccc(N)c(-c2cccs2)c1. The van der Waals surface area contributed by atoms with Crippen LogP contribution in [0.5, 0.6) is 0 Å². The molecule has 0 radical (unpaired) electrons. The second-order valence-corrected chi connectivity index (χ2v) is 5.66. The maximum absolute atomic E-state index is 6.06. The molecular formula is C16H21NS. The fourth-order valence-electron chi connectivity index (χ4n) is 2.16. The van der Waals surface area contributed by atoms with Crippen molar-refractivity contribution in [2.24, 2.45) is 0 Å². The summed E-state index contributed by atoms with van der Waals surface area (Å²) in [6.07, 6.45) is 6.41. The Morgan fingerprint density at radius 2 is 2.00 bits per heavy atom. The highest BCUT2D eigenvalue weighted by Crippen LogP contribution is 2.31. The average Bonchev–Trinajstić information content (AvgIpc) is 2.90. The lowest BCUT2D eigenvalue weighted by Crippen LogP contribution is -1.92. The summed E-state index contributed by atoms with van der Waals surface area (Å²) in [6, 6.07) is 10.7. The van der Waals surface area contributed by atoms with Crippen molar-refractivity contribution in [3.05, 3.63) is 41.3 Å². The second-order valence-electron chi connectivity index (χ2n) is 4.71. The van der Waals surface area contributed by atoms with E-state index in [1.165, 1.54) is 48.1 Å². The lowest BCUT2D eigenvalue weighted by atomic mass is 10.0. The van der Waals surface area contributed by atoms with Crippen molar-refractivity contribution in [2.75, 3.05) is 5.73 Å². The number of thiophene rings is 1. The number of hydrogen-bond acceptors (Lipinski definition) is 2. The molecule has 0 aliphatic rings. The van der Waals surface area contributed by atoms with Gasteiger partial charge in [0.05, 0.1) is 0 Å². The Labute approximate surface area is 114 Å². The van der Waals surface area contributed by atoms with Crippen LogP contribution < -0.4 is 5.73 Å². The molecule has 1 nitrogen and oxygen atoms in total. The molecule has 1 aromatic carbocycles. The topological polar surface area (TPSA) is 26.0 Å². The van der Waals surface area contributed by atoms with Crippen molar-refractivity contribution in [1.82, 2.24) is 0 Å². The van der Waals surface area contributed by atoms with E-state index in [0.717, 1.165) is 5.69 Å². The van der Waals surface area contributed by atoms with Gasteiger partial charge >= 0.3 is 0 Å². The highest BCUT2D eigenvalue weighted by Gasteiger charge is 2.05. The minimum Gasteiger partial charge on any atom is -0.398 e. The predicted molar refractivity (Wildman–Crippen MR) is 82.0 cm³/mol. The predicted octanol–water partition coefficient (Wildman–Crippen LogP) is 5.12. The Hall–Kier alpha value is -1.28. The lowest BCUT2D eigenvalue weighted by molar-refractivity contribution is 0.667. The van der Waals surface area contributed by atoms with Crippen LogP contribution in [0.2, 0.25) is 0 Å². The van der Waals surface area contributed by atoms with Crippen LogP contribution in [-0.2, 0) is 6.42 Å². The van der Waals surface area contributed by atoms with Gasteiger partial charge in [0.15, 0.2) is 0 Å². The van der Waals surface area contributed by atoms with Crippen molar-refractivity contribution in [3.8, 4) is 10.4 Å². The molecule has 1 heterocycles. The van der Waals surface area contributed by atoms with Gasteiger partial charge in [0, 0.05) is 16.1 Å². The molecule has 0 aliphatic heterocycles. The summed E-state index contributed by atoms with van der Waals surface area (Å²) in [7, 11) is 0. The number of rotatable bonds is 6. The third kappa shape index (κ3) is 3.36. The average molecular weight is 259 g/mol. The van der Waals surface area contributed by atoms with E-state index in [4.69, 9.17) is 5.73 Å². The minimum absolute atomic E-state index is 0.884. The van der Waals surface area contributed by atoms with E-state index in [-0.39, 0.29) is 0 Å². The zero-order valence-electron chi connectivity index (χ0n) is 11.0. The largest absolute Gasteiger partial charge is 0.398 e. The van der Waals surface area contributed by atoms with Gasteiger partial charge in [0.1, 0.15) is 0 Å². The van der Waals surface area contributed by atoms with Gasteiger partial charge in [-0.2, -0.15) is 0 Å². The molecule has 2 heteroatoms. The van der Waals surface area contributed by atoms with E-state index in [2.05, 4.69) is 36.6 Å². The summed E-state index contributed by atoms with van der Waals surface area (Å²) >= 11 is 1.75. The van der Waals surface area contributed by atoms with Crippen molar-refractivity contribution >= 4 is 17.0 Å². The molecule has 2 N–H and O–H groups in total. The molecule has 2 aromatic rings. The lowest BCUT2D eigenvalue weighted by Gasteiger charge is -2.07. The molecule has 0 saturated carbocycles. The zero-order valence-corrected chi connectivity index (χ0v) is 11.8. The normalized spacial score (nSPS) is 10.7. The fraction of sp³-hybridized carbons (Fsp3) is 0.375. The van der Waals surface area contributed by atoms with Gasteiger partial charge in [0.25, 0.3) is 0 Å². The van der Waals surface area contributed by atoms with Gasteiger partial charge in [-0.3, -0.25) is 0 Å². The van der Waals surface area contributed by atoms with E-state index in [0.29, 0.717) is 0 Å². The highest BCUT2D eigenvalue weighted by molar-refractivity contribution is 7.13. The third-order valence-corrected chi connectivity index (χ3v) is 4.13. The first-order valence-electron chi connectivity index (χ1n) is 6.73. The van der Waals surface area contributed by atoms with Gasteiger partial charge < -0.3 is 5.73 Å². The molecule has 0 saturated heterocycles. The Morgan fingerprint density at radius 1 is 1.11 bits per heavy atom. The first-order chi connectivity index (χ1) is 8.81. The van der Waals surface area contributed by atoms with Crippen LogP contribution >= 0.6 is 11.3 Å². The summed E-state index contributed by atoms with van der Waals surface area (Å²) in [4.78, 5) is 1.27. The summed E-state index contributed by atoms with van der Waals surface area (Å²) in [5.41, 5.74) is 9.55. The quantitative estimate of drug-likeness (QED) is 0.565. The van der Waals surface area contributed by atoms with E-state index in [1.54, 1.807) is 11.3 Å². The Morgan fingerprint density at radius 3 is 2.72 bits per heavy atom. The van der Waals surface area contributed by atoms with Crippen molar-refractivity contribution in [3.63, 3.8) is 0 Å². The first-order valence-corrected chi connectivity index (χ1v) is 7.61. The maximum atomic E-state index is 6.06. The van der Waals surface area contributed by atoms with Crippen molar-refractivity contribution in [1.29, 1.82) is 0 Å². The van der Waals surface area contributed by atoms with Gasteiger partial charge in [-0.05, 0) is 42.0 Å².